The van der Waals surface area contributed by atoms with Crippen molar-refractivity contribution in [3.05, 3.63) is 70.1 Å². The number of ether oxygens (including phenoxy) is 1. The van der Waals surface area contributed by atoms with E-state index in [4.69, 9.17) is 4.74 Å². The molecule has 0 bridgehead atoms. The molecule has 1 aromatic heterocycles. The molecule has 174 valence electrons. The maximum Gasteiger partial charge on any atom is 0.261 e. The highest BCUT2D eigenvalue weighted by molar-refractivity contribution is 7.16. The van der Waals surface area contributed by atoms with Crippen LogP contribution in [-0.2, 0) is 4.74 Å². The summed E-state index contributed by atoms with van der Waals surface area (Å²) < 4.78 is 5.58. The zero-order valence-corrected chi connectivity index (χ0v) is 19.9. The van der Waals surface area contributed by atoms with Gasteiger partial charge >= 0.3 is 0 Å². The zero-order valence-electron chi connectivity index (χ0n) is 19.0. The fraction of sp³-hybridized carbons (Fsp3) is 0.308. The first-order chi connectivity index (χ1) is 16.4. The van der Waals surface area contributed by atoms with Crippen LogP contribution in [0.2, 0.25) is 0 Å². The molecule has 3 aromatic rings. The predicted molar refractivity (Wildman–Crippen MR) is 130 cm³/mol. The normalized spacial score (nSPS) is 17.5. The molecule has 1 N–H and O–H groups in total. The molecule has 1 fully saturated rings. The van der Waals surface area contributed by atoms with E-state index in [2.05, 4.69) is 24.1 Å². The Morgan fingerprint density at radius 1 is 1.15 bits per heavy atom. The summed E-state index contributed by atoms with van der Waals surface area (Å²) in [6.45, 7) is 5.08. The number of amides is 3. The van der Waals surface area contributed by atoms with Gasteiger partial charge in [0, 0.05) is 22.6 Å². The molecule has 1 saturated heterocycles. The lowest BCUT2D eigenvalue weighted by atomic mass is 10.1. The van der Waals surface area contributed by atoms with Crippen LogP contribution in [0.3, 0.4) is 0 Å². The maximum absolute atomic E-state index is 13.0. The van der Waals surface area contributed by atoms with Gasteiger partial charge in [-0.05, 0) is 37.0 Å². The summed E-state index contributed by atoms with van der Waals surface area (Å²) in [7, 11) is 0. The lowest BCUT2D eigenvalue weighted by molar-refractivity contribution is 0.0475. The average molecular weight is 476 g/mol. The van der Waals surface area contributed by atoms with Crippen LogP contribution in [-0.4, -0.2) is 46.9 Å². The number of hydrogen-bond donors (Lipinski definition) is 1. The lowest BCUT2D eigenvalue weighted by Crippen LogP contribution is -2.36. The Kier molecular flexibility index (Phi) is 6.02. The van der Waals surface area contributed by atoms with E-state index >= 15 is 0 Å². The van der Waals surface area contributed by atoms with Crippen molar-refractivity contribution in [3.63, 3.8) is 0 Å². The molecule has 2 aliphatic rings. The van der Waals surface area contributed by atoms with Gasteiger partial charge in [-0.1, -0.05) is 44.2 Å². The van der Waals surface area contributed by atoms with Crippen LogP contribution < -0.4 is 5.32 Å². The quantitative estimate of drug-likeness (QED) is 0.509. The molecule has 3 amide bonds. The largest absolute Gasteiger partial charge is 0.376 e. The topological polar surface area (TPSA) is 88.6 Å². The second-order valence-corrected chi connectivity index (χ2v) is 9.85. The van der Waals surface area contributed by atoms with Crippen molar-refractivity contribution in [3.8, 4) is 11.3 Å². The highest BCUT2D eigenvalue weighted by Gasteiger charge is 2.38. The molecular weight excluding hydrogens is 450 g/mol. The number of anilines is 1. The molecule has 7 nitrogen and oxygen atoms in total. The summed E-state index contributed by atoms with van der Waals surface area (Å²) in [6.07, 6.45) is 1.64. The van der Waals surface area contributed by atoms with E-state index in [1.54, 1.807) is 12.1 Å². The number of thiazole rings is 1. The minimum Gasteiger partial charge on any atom is -0.376 e. The second kappa shape index (κ2) is 9.12. The van der Waals surface area contributed by atoms with E-state index in [1.165, 1.54) is 22.3 Å². The number of aromatic nitrogens is 1. The minimum absolute atomic E-state index is 0.121. The first-order valence-corrected chi connectivity index (χ1v) is 12.2. The molecule has 34 heavy (non-hydrogen) atoms. The Morgan fingerprint density at radius 2 is 1.91 bits per heavy atom. The van der Waals surface area contributed by atoms with Gasteiger partial charge in [0.1, 0.15) is 0 Å². The van der Waals surface area contributed by atoms with Gasteiger partial charge in [0.15, 0.2) is 5.13 Å². The van der Waals surface area contributed by atoms with Crippen molar-refractivity contribution in [2.45, 2.75) is 38.7 Å². The van der Waals surface area contributed by atoms with Crippen molar-refractivity contribution in [1.29, 1.82) is 0 Å². The van der Waals surface area contributed by atoms with E-state index in [1.807, 2.05) is 30.3 Å². The highest BCUT2D eigenvalue weighted by Crippen LogP contribution is 2.36. The van der Waals surface area contributed by atoms with E-state index in [-0.39, 0.29) is 41.9 Å². The van der Waals surface area contributed by atoms with Gasteiger partial charge in [0.05, 0.1) is 29.5 Å². The van der Waals surface area contributed by atoms with E-state index < -0.39 is 0 Å². The van der Waals surface area contributed by atoms with Crippen molar-refractivity contribution < 1.29 is 19.1 Å². The molecule has 1 atom stereocenters. The smallest absolute Gasteiger partial charge is 0.261 e. The number of nitrogens with one attached hydrogen (secondary N) is 1. The van der Waals surface area contributed by atoms with Gasteiger partial charge in [0.2, 0.25) is 0 Å². The molecule has 5 rings (SSSR count). The SMILES string of the molecule is CC(C)c1sc(NC(=O)c2ccc3c(c2)C(=O)N(CC2CCCO2)C3=O)nc1-c1ccccc1. The first kappa shape index (κ1) is 22.4. The third-order valence-corrected chi connectivity index (χ3v) is 7.36. The van der Waals surface area contributed by atoms with Gasteiger partial charge in [-0.15, -0.1) is 11.3 Å². The number of fused-ring (bicyclic) bond motifs is 1. The van der Waals surface area contributed by atoms with Gasteiger partial charge in [0.25, 0.3) is 17.7 Å². The number of nitrogens with zero attached hydrogens (tertiary/aromatic N) is 2. The average Bonchev–Trinajstić information content (AvgIpc) is 3.56. The molecule has 0 saturated carbocycles. The number of hydrogen-bond acceptors (Lipinski definition) is 6. The Bertz CT molecular complexity index is 1260. The molecule has 3 heterocycles. The molecule has 0 spiro atoms. The number of carbonyl (C=O) groups is 3. The monoisotopic (exact) mass is 475 g/mol. The number of carbonyl (C=O) groups excluding carboxylic acids is 3. The van der Waals surface area contributed by atoms with Crippen LogP contribution in [0, 0.1) is 0 Å². The van der Waals surface area contributed by atoms with Crippen molar-refractivity contribution in [2.24, 2.45) is 0 Å². The predicted octanol–water partition coefficient (Wildman–Crippen LogP) is 4.96. The summed E-state index contributed by atoms with van der Waals surface area (Å²) >= 11 is 1.44. The van der Waals surface area contributed by atoms with Crippen LogP contribution in [0.25, 0.3) is 11.3 Å². The van der Waals surface area contributed by atoms with E-state index in [9.17, 15) is 14.4 Å². The molecule has 0 aliphatic carbocycles. The van der Waals surface area contributed by atoms with Gasteiger partial charge in [-0.3, -0.25) is 24.6 Å². The summed E-state index contributed by atoms with van der Waals surface area (Å²) in [5.74, 6) is -0.842. The van der Waals surface area contributed by atoms with Gasteiger partial charge in [-0.25, -0.2) is 4.98 Å². The molecule has 1 unspecified atom stereocenters. The Labute approximate surface area is 201 Å². The zero-order chi connectivity index (χ0) is 23.8. The molecule has 8 heteroatoms. The third-order valence-electron chi connectivity index (χ3n) is 6.09. The first-order valence-electron chi connectivity index (χ1n) is 11.4. The van der Waals surface area contributed by atoms with Crippen molar-refractivity contribution in [1.82, 2.24) is 9.88 Å². The second-order valence-electron chi connectivity index (χ2n) is 8.82. The standard InChI is InChI=1S/C26H25N3O4S/c1-15(2)22-21(16-7-4-3-5-8-16)27-26(34-22)28-23(30)17-10-11-19-20(13-17)25(32)29(24(19)31)14-18-9-6-12-33-18/h3-5,7-8,10-11,13,15,18H,6,9,12,14H2,1-2H3,(H,27,28,30). The summed E-state index contributed by atoms with van der Waals surface area (Å²) in [5, 5.41) is 3.37. The molecule has 2 aromatic carbocycles. The summed E-state index contributed by atoms with van der Waals surface area (Å²) in [6, 6.07) is 14.5. The van der Waals surface area contributed by atoms with Gasteiger partial charge < -0.3 is 4.74 Å². The number of rotatable bonds is 6. The minimum atomic E-state index is -0.382. The van der Waals surface area contributed by atoms with Crippen molar-refractivity contribution in [2.75, 3.05) is 18.5 Å². The Morgan fingerprint density at radius 3 is 2.62 bits per heavy atom. The summed E-state index contributed by atoms with van der Waals surface area (Å²) in [4.78, 5) is 45.7. The third kappa shape index (κ3) is 4.15. The van der Waals surface area contributed by atoms with Crippen LogP contribution in [0.1, 0.15) is 68.6 Å². The Balaban J connectivity index is 1.37. The Hall–Kier alpha value is -3.36. The van der Waals surface area contributed by atoms with E-state index in [0.29, 0.717) is 22.9 Å². The van der Waals surface area contributed by atoms with E-state index in [0.717, 1.165) is 29.0 Å². The summed E-state index contributed by atoms with van der Waals surface area (Å²) in [5.41, 5.74) is 2.73. The maximum atomic E-state index is 13.0. The molecule has 0 radical (unpaired) electrons. The van der Waals surface area contributed by atoms with Crippen LogP contribution in [0.15, 0.2) is 48.5 Å². The van der Waals surface area contributed by atoms with Crippen molar-refractivity contribution >= 4 is 34.2 Å². The van der Waals surface area contributed by atoms with Gasteiger partial charge in [-0.2, -0.15) is 0 Å². The fourth-order valence-corrected chi connectivity index (χ4v) is 5.32. The molecule has 2 aliphatic heterocycles. The molecular formula is C26H25N3O4S. The number of benzene rings is 2. The van der Waals surface area contributed by atoms with Crippen LogP contribution >= 0.6 is 11.3 Å². The van der Waals surface area contributed by atoms with Crippen LogP contribution in [0.4, 0.5) is 5.13 Å². The lowest BCUT2D eigenvalue weighted by Gasteiger charge is -2.17. The number of imide groups is 1. The fourth-order valence-electron chi connectivity index (χ4n) is 4.34. The highest BCUT2D eigenvalue weighted by atomic mass is 32.1. The van der Waals surface area contributed by atoms with Crippen LogP contribution in [0.5, 0.6) is 0 Å².